The maximum atomic E-state index is 11.9. The van der Waals surface area contributed by atoms with Gasteiger partial charge in [-0.2, -0.15) is 0 Å². The van der Waals surface area contributed by atoms with Crippen molar-refractivity contribution in [3.05, 3.63) is 59.7 Å². The van der Waals surface area contributed by atoms with Crippen molar-refractivity contribution >= 4 is 17.6 Å². The lowest BCUT2D eigenvalue weighted by atomic mass is 10.1. The molecule has 0 aliphatic rings. The van der Waals surface area contributed by atoms with Gasteiger partial charge in [0.15, 0.2) is 0 Å². The number of anilines is 1. The molecule has 5 nitrogen and oxygen atoms in total. The van der Waals surface area contributed by atoms with Gasteiger partial charge < -0.3 is 15.5 Å². The smallest absolute Gasteiger partial charge is 0.339 e. The van der Waals surface area contributed by atoms with E-state index in [9.17, 15) is 14.7 Å². The molecule has 0 atom stereocenters. The van der Waals surface area contributed by atoms with Crippen LogP contribution in [0, 0.1) is 0 Å². The number of phenols is 1. The van der Waals surface area contributed by atoms with Crippen LogP contribution in [-0.2, 0) is 0 Å². The zero-order chi connectivity index (χ0) is 13.8. The standard InChI is InChI=1S/C14H11NO4/c16-12-8-9(6-7-11(12)14(18)19)13(17)15-10-4-2-1-3-5-10/h1-8,16H,(H,15,17)(H,18,19). The molecule has 0 heterocycles. The van der Waals surface area contributed by atoms with E-state index in [0.717, 1.165) is 6.07 Å². The van der Waals surface area contributed by atoms with E-state index in [1.165, 1.54) is 12.1 Å². The van der Waals surface area contributed by atoms with Crippen LogP contribution in [0.5, 0.6) is 5.75 Å². The molecule has 2 rings (SSSR count). The normalized spacial score (nSPS) is 9.89. The van der Waals surface area contributed by atoms with Gasteiger partial charge >= 0.3 is 5.97 Å². The fourth-order valence-electron chi connectivity index (χ4n) is 1.58. The van der Waals surface area contributed by atoms with Crippen LogP contribution in [0.4, 0.5) is 5.69 Å². The molecule has 0 unspecified atom stereocenters. The Bertz CT molecular complexity index is 623. The van der Waals surface area contributed by atoms with Crippen LogP contribution in [0.15, 0.2) is 48.5 Å². The van der Waals surface area contributed by atoms with Gasteiger partial charge in [0.05, 0.1) is 0 Å². The van der Waals surface area contributed by atoms with Crippen LogP contribution < -0.4 is 5.32 Å². The number of para-hydroxylation sites is 1. The third-order valence-corrected chi connectivity index (χ3v) is 2.52. The first-order valence-corrected chi connectivity index (χ1v) is 5.50. The molecular weight excluding hydrogens is 246 g/mol. The molecule has 0 radical (unpaired) electrons. The quantitative estimate of drug-likeness (QED) is 0.787. The molecule has 2 aromatic carbocycles. The van der Waals surface area contributed by atoms with Crippen LogP contribution >= 0.6 is 0 Å². The lowest BCUT2D eigenvalue weighted by Crippen LogP contribution is -2.12. The Morgan fingerprint density at radius 1 is 1.00 bits per heavy atom. The summed E-state index contributed by atoms with van der Waals surface area (Å²) < 4.78 is 0. The van der Waals surface area contributed by atoms with E-state index in [-0.39, 0.29) is 11.1 Å². The Labute approximate surface area is 109 Å². The van der Waals surface area contributed by atoms with Crippen LogP contribution in [0.3, 0.4) is 0 Å². The number of nitrogens with one attached hydrogen (secondary N) is 1. The van der Waals surface area contributed by atoms with E-state index in [2.05, 4.69) is 5.32 Å². The molecule has 0 fully saturated rings. The summed E-state index contributed by atoms with van der Waals surface area (Å²) in [6.07, 6.45) is 0. The van der Waals surface area contributed by atoms with Crippen molar-refractivity contribution in [2.24, 2.45) is 0 Å². The van der Waals surface area contributed by atoms with Gasteiger partial charge in [0.1, 0.15) is 11.3 Å². The third kappa shape index (κ3) is 2.90. The summed E-state index contributed by atoms with van der Waals surface area (Å²) in [4.78, 5) is 22.6. The molecule has 5 heteroatoms. The van der Waals surface area contributed by atoms with Crippen LogP contribution in [0.2, 0.25) is 0 Å². The first-order valence-electron chi connectivity index (χ1n) is 5.50. The Kier molecular flexibility index (Phi) is 3.47. The predicted octanol–water partition coefficient (Wildman–Crippen LogP) is 2.34. The van der Waals surface area contributed by atoms with E-state index in [4.69, 9.17) is 5.11 Å². The SMILES string of the molecule is O=C(Nc1ccccc1)c1ccc(C(=O)O)c(O)c1. The number of rotatable bonds is 3. The average Bonchev–Trinajstić information content (AvgIpc) is 2.39. The van der Waals surface area contributed by atoms with E-state index in [1.54, 1.807) is 24.3 Å². The third-order valence-electron chi connectivity index (χ3n) is 2.52. The van der Waals surface area contributed by atoms with Crippen molar-refractivity contribution in [3.63, 3.8) is 0 Å². The van der Waals surface area contributed by atoms with Gasteiger partial charge in [0, 0.05) is 11.3 Å². The van der Waals surface area contributed by atoms with Gasteiger partial charge in [-0.3, -0.25) is 4.79 Å². The van der Waals surface area contributed by atoms with Crippen LogP contribution in [-0.4, -0.2) is 22.1 Å². The second-order valence-electron chi connectivity index (χ2n) is 3.86. The number of carbonyl (C=O) groups is 2. The monoisotopic (exact) mass is 257 g/mol. The Morgan fingerprint density at radius 2 is 1.68 bits per heavy atom. The fraction of sp³-hybridized carbons (Fsp3) is 0. The van der Waals surface area contributed by atoms with Crippen molar-refractivity contribution in [1.29, 1.82) is 0 Å². The van der Waals surface area contributed by atoms with E-state index in [0.29, 0.717) is 5.69 Å². The van der Waals surface area contributed by atoms with E-state index < -0.39 is 17.6 Å². The summed E-state index contributed by atoms with van der Waals surface area (Å²) in [5, 5.41) is 20.9. The molecule has 0 spiro atoms. The number of aromatic hydroxyl groups is 1. The van der Waals surface area contributed by atoms with Gasteiger partial charge in [-0.25, -0.2) is 4.79 Å². The van der Waals surface area contributed by atoms with Crippen LogP contribution in [0.1, 0.15) is 20.7 Å². The highest BCUT2D eigenvalue weighted by molar-refractivity contribution is 6.05. The number of hydrogen-bond donors (Lipinski definition) is 3. The second kappa shape index (κ2) is 5.22. The molecule has 2 aromatic rings. The lowest BCUT2D eigenvalue weighted by molar-refractivity contribution is 0.0693. The number of benzene rings is 2. The Morgan fingerprint density at radius 3 is 2.26 bits per heavy atom. The molecule has 19 heavy (non-hydrogen) atoms. The second-order valence-corrected chi connectivity index (χ2v) is 3.86. The number of carbonyl (C=O) groups excluding carboxylic acids is 1. The molecule has 0 aliphatic heterocycles. The van der Waals surface area contributed by atoms with Gasteiger partial charge in [-0.05, 0) is 30.3 Å². The number of carboxylic acids is 1. The fourth-order valence-corrected chi connectivity index (χ4v) is 1.58. The molecule has 0 aromatic heterocycles. The van der Waals surface area contributed by atoms with Gasteiger partial charge in [0.25, 0.3) is 5.91 Å². The molecule has 0 bridgehead atoms. The summed E-state index contributed by atoms with van der Waals surface area (Å²) in [6, 6.07) is 12.5. The molecule has 3 N–H and O–H groups in total. The Hall–Kier alpha value is -2.82. The van der Waals surface area contributed by atoms with Crippen LogP contribution in [0.25, 0.3) is 0 Å². The molecule has 96 valence electrons. The van der Waals surface area contributed by atoms with Gasteiger partial charge in [-0.1, -0.05) is 18.2 Å². The van der Waals surface area contributed by atoms with Crippen molar-refractivity contribution in [2.45, 2.75) is 0 Å². The van der Waals surface area contributed by atoms with E-state index >= 15 is 0 Å². The summed E-state index contributed by atoms with van der Waals surface area (Å²) >= 11 is 0. The predicted molar refractivity (Wildman–Crippen MR) is 69.5 cm³/mol. The largest absolute Gasteiger partial charge is 0.507 e. The zero-order valence-corrected chi connectivity index (χ0v) is 9.83. The Balaban J connectivity index is 2.21. The number of hydrogen-bond acceptors (Lipinski definition) is 3. The average molecular weight is 257 g/mol. The molecule has 0 aliphatic carbocycles. The van der Waals surface area contributed by atoms with Crippen molar-refractivity contribution in [2.75, 3.05) is 5.32 Å². The number of carboxylic acid groups (broad SMARTS) is 1. The van der Waals surface area contributed by atoms with Crippen molar-refractivity contribution in [1.82, 2.24) is 0 Å². The molecular formula is C14H11NO4. The maximum absolute atomic E-state index is 11.9. The number of amides is 1. The lowest BCUT2D eigenvalue weighted by Gasteiger charge is -2.06. The van der Waals surface area contributed by atoms with Gasteiger partial charge in [-0.15, -0.1) is 0 Å². The first-order chi connectivity index (χ1) is 9.08. The van der Waals surface area contributed by atoms with Gasteiger partial charge in [0.2, 0.25) is 0 Å². The first kappa shape index (κ1) is 12.6. The maximum Gasteiger partial charge on any atom is 0.339 e. The highest BCUT2D eigenvalue weighted by Gasteiger charge is 2.13. The van der Waals surface area contributed by atoms with E-state index in [1.807, 2.05) is 6.07 Å². The topological polar surface area (TPSA) is 86.6 Å². The van der Waals surface area contributed by atoms with Crippen molar-refractivity contribution < 1.29 is 19.8 Å². The minimum absolute atomic E-state index is 0.186. The summed E-state index contributed by atoms with van der Waals surface area (Å²) in [6.45, 7) is 0. The summed E-state index contributed by atoms with van der Waals surface area (Å²) in [5.41, 5.74) is 0.567. The highest BCUT2D eigenvalue weighted by atomic mass is 16.4. The minimum atomic E-state index is -1.24. The summed E-state index contributed by atoms with van der Waals surface area (Å²) in [7, 11) is 0. The minimum Gasteiger partial charge on any atom is -0.507 e. The molecule has 0 saturated heterocycles. The molecule has 1 amide bonds. The number of aromatic carboxylic acids is 1. The molecule has 0 saturated carbocycles. The zero-order valence-electron chi connectivity index (χ0n) is 9.83. The highest BCUT2D eigenvalue weighted by Crippen LogP contribution is 2.19. The summed E-state index contributed by atoms with van der Waals surface area (Å²) in [5.74, 6) is -2.10. The van der Waals surface area contributed by atoms with Crippen molar-refractivity contribution in [3.8, 4) is 5.75 Å².